The molecule has 2 saturated carbocycles. The molecule has 3 amide bonds. The first-order valence-corrected chi connectivity index (χ1v) is 21.3. The molecule has 1 saturated heterocycles. The topological polar surface area (TPSA) is 167 Å². The minimum atomic E-state index is -4.36. The molecule has 16 heteroatoms. The molecule has 0 spiro atoms. The van der Waals surface area contributed by atoms with Gasteiger partial charge in [-0.15, -0.1) is 6.58 Å². The molecular weight excluding hydrogens is 810 g/mol. The molecule has 0 radical (unpaired) electrons. The number of ether oxygens (including phenoxy) is 4. The van der Waals surface area contributed by atoms with Gasteiger partial charge in [-0.1, -0.05) is 41.1 Å². The zero-order valence-corrected chi connectivity index (χ0v) is 36.2. The Morgan fingerprint density at radius 3 is 2.32 bits per heavy atom. The zero-order valence-electron chi connectivity index (χ0n) is 33.7. The molecule has 2 aliphatic carbocycles. The number of hydrogen-bond donors (Lipinski definition) is 1. The van der Waals surface area contributed by atoms with E-state index in [0.29, 0.717) is 4.47 Å². The van der Waals surface area contributed by atoms with Crippen LogP contribution in [0.1, 0.15) is 87.0 Å². The van der Waals surface area contributed by atoms with Crippen LogP contribution in [0, 0.1) is 17.8 Å². The number of carbonyl (C=O) groups is 4. The largest absolute Gasteiger partial charge is 0.467 e. The number of carbonyl (C=O) groups excluding carboxylic acids is 4. The molecule has 1 aromatic rings. The number of methoxy groups -OCH3 is 1. The summed E-state index contributed by atoms with van der Waals surface area (Å²) in [4.78, 5) is 59.1. The molecule has 1 N–H and O–H groups in total. The van der Waals surface area contributed by atoms with Crippen molar-refractivity contribution >= 4 is 49.9 Å². The Kier molecular flexibility index (Phi) is 15.1. The van der Waals surface area contributed by atoms with E-state index in [9.17, 15) is 27.6 Å². The number of nitrogens with one attached hydrogen (secondary N) is 1. The number of imide groups is 1. The average Bonchev–Trinajstić information content (AvgIpc) is 4.00. The molecule has 4 rings (SSSR count). The maximum atomic E-state index is 15.0. The third kappa shape index (κ3) is 11.5. The van der Waals surface area contributed by atoms with Gasteiger partial charge in [0.15, 0.2) is 5.54 Å². The normalized spacial score (nSPS) is 25.4. The van der Waals surface area contributed by atoms with E-state index in [-0.39, 0.29) is 49.6 Å². The summed E-state index contributed by atoms with van der Waals surface area (Å²) in [5, 5.41) is 3.22. The van der Waals surface area contributed by atoms with E-state index in [1.54, 1.807) is 32.9 Å². The van der Waals surface area contributed by atoms with Crippen molar-refractivity contribution in [3.05, 3.63) is 53.5 Å². The predicted octanol–water partition coefficient (Wildman–Crippen LogP) is 6.09. The Morgan fingerprint density at radius 1 is 1.07 bits per heavy atom. The Bertz CT molecular complexity index is 1720. The number of allylic oxidation sites excluding steroid dienone is 2. The van der Waals surface area contributed by atoms with Crippen molar-refractivity contribution in [2.24, 2.45) is 17.8 Å². The van der Waals surface area contributed by atoms with Crippen molar-refractivity contribution in [3.8, 4) is 0 Å². The highest BCUT2D eigenvalue weighted by Crippen LogP contribution is 2.52. The number of nitrogens with zero attached hydrogens (tertiary/aromatic N) is 2. The molecule has 7 unspecified atom stereocenters. The number of benzene rings is 1. The van der Waals surface area contributed by atoms with E-state index in [1.165, 1.54) is 23.1 Å². The highest BCUT2D eigenvalue weighted by Gasteiger charge is 2.69. The minimum absolute atomic E-state index is 0.0289. The number of rotatable bonds is 18. The third-order valence-electron chi connectivity index (χ3n) is 9.96. The molecule has 1 aromatic carbocycles. The Labute approximate surface area is 339 Å². The highest BCUT2D eigenvalue weighted by molar-refractivity contribution is 9.10. The molecule has 3 aliphatic rings. The summed E-state index contributed by atoms with van der Waals surface area (Å²) in [6.07, 6.45) is 6.45. The summed E-state index contributed by atoms with van der Waals surface area (Å²) < 4.78 is 55.6. The standard InChI is InChI=1S/C40H58BrN3O11S/c1-10-12-13-14-15-26-20-31(26)33(42-24-52-25-53-38(3,4)5)35(46)43-23-29(55-56(49,50)30-18-16-28(41)17-19-30)21-32(43)34(45)44(37(48)54-39(6,7)8)40(36(47)51-9)22-27(40)11-2/h11-13,16-19,26-27,29,31-33,42H,2,10,14-15,20-25H2,1,3-9H3. The van der Waals surface area contributed by atoms with Gasteiger partial charge in [-0.2, -0.15) is 8.42 Å². The molecule has 3 fully saturated rings. The van der Waals surface area contributed by atoms with Gasteiger partial charge in [-0.05, 0) is 110 Å². The molecule has 0 bridgehead atoms. The monoisotopic (exact) mass is 867 g/mol. The summed E-state index contributed by atoms with van der Waals surface area (Å²) in [5.74, 6) is -2.86. The van der Waals surface area contributed by atoms with E-state index < -0.39 is 74.8 Å². The van der Waals surface area contributed by atoms with Crippen LogP contribution in [0.25, 0.3) is 0 Å². The van der Waals surface area contributed by atoms with E-state index in [4.69, 9.17) is 23.1 Å². The predicted molar refractivity (Wildman–Crippen MR) is 211 cm³/mol. The van der Waals surface area contributed by atoms with Crippen molar-refractivity contribution < 1.29 is 50.7 Å². The van der Waals surface area contributed by atoms with Crippen LogP contribution in [0.15, 0.2) is 58.4 Å². The third-order valence-corrected chi connectivity index (χ3v) is 11.9. The van der Waals surface area contributed by atoms with Gasteiger partial charge in [-0.25, -0.2) is 14.5 Å². The van der Waals surface area contributed by atoms with Gasteiger partial charge in [0.05, 0.1) is 29.8 Å². The summed E-state index contributed by atoms with van der Waals surface area (Å²) in [6.45, 7) is 16.0. The number of halogens is 1. The van der Waals surface area contributed by atoms with Crippen LogP contribution in [0.2, 0.25) is 0 Å². The van der Waals surface area contributed by atoms with E-state index >= 15 is 0 Å². The molecule has 14 nitrogen and oxygen atoms in total. The molecule has 0 aromatic heterocycles. The summed E-state index contributed by atoms with van der Waals surface area (Å²) >= 11 is 3.30. The van der Waals surface area contributed by atoms with Gasteiger partial charge in [0.25, 0.3) is 16.0 Å². The molecular formula is C40H58BrN3O11S. The fraction of sp³-hybridized carbons (Fsp3) is 0.650. The van der Waals surface area contributed by atoms with Crippen LogP contribution in [-0.2, 0) is 47.6 Å². The number of amides is 3. The summed E-state index contributed by atoms with van der Waals surface area (Å²) in [5.41, 5.74) is -3.30. The number of likely N-dealkylation sites (tertiary alicyclic amines) is 1. The van der Waals surface area contributed by atoms with Crippen molar-refractivity contribution in [3.63, 3.8) is 0 Å². The lowest BCUT2D eigenvalue weighted by Gasteiger charge is -2.35. The Hall–Kier alpha value is -3.15. The number of hydrogen-bond acceptors (Lipinski definition) is 12. The lowest BCUT2D eigenvalue weighted by atomic mass is 10.0. The first-order valence-electron chi connectivity index (χ1n) is 19.1. The highest BCUT2D eigenvalue weighted by atomic mass is 79.9. The fourth-order valence-electron chi connectivity index (χ4n) is 7.02. The second-order valence-electron chi connectivity index (χ2n) is 16.5. The fourth-order valence-corrected chi connectivity index (χ4v) is 8.36. The second kappa shape index (κ2) is 18.6. The van der Waals surface area contributed by atoms with E-state index in [0.717, 1.165) is 37.7 Å². The molecule has 1 heterocycles. The van der Waals surface area contributed by atoms with Crippen LogP contribution in [0.3, 0.4) is 0 Å². The smallest absolute Gasteiger partial charge is 0.418 e. The van der Waals surface area contributed by atoms with Crippen LogP contribution < -0.4 is 5.32 Å². The first-order chi connectivity index (χ1) is 26.2. The zero-order chi connectivity index (χ0) is 41.6. The van der Waals surface area contributed by atoms with Gasteiger partial charge in [0.2, 0.25) is 5.91 Å². The lowest BCUT2D eigenvalue weighted by Crippen LogP contribution is -2.60. The maximum absolute atomic E-state index is 15.0. The second-order valence-corrected chi connectivity index (χ2v) is 19.0. The lowest BCUT2D eigenvalue weighted by molar-refractivity contribution is -0.158. The number of esters is 1. The van der Waals surface area contributed by atoms with Crippen molar-refractivity contribution in [2.45, 2.75) is 127 Å². The van der Waals surface area contributed by atoms with Gasteiger partial charge >= 0.3 is 12.1 Å². The Morgan fingerprint density at radius 2 is 1.75 bits per heavy atom. The molecule has 56 heavy (non-hydrogen) atoms. The van der Waals surface area contributed by atoms with Crippen LogP contribution >= 0.6 is 15.9 Å². The van der Waals surface area contributed by atoms with Gasteiger partial charge < -0.3 is 23.8 Å². The van der Waals surface area contributed by atoms with E-state index in [1.807, 2.05) is 20.8 Å². The quantitative estimate of drug-likeness (QED) is 0.0594. The van der Waals surface area contributed by atoms with Crippen LogP contribution in [-0.4, -0.2) is 104 Å². The van der Waals surface area contributed by atoms with Gasteiger partial charge in [0, 0.05) is 23.4 Å². The SMILES string of the molecule is C=CC1CC1(C(=O)OC)N(C(=O)OC(C)(C)C)C(=O)C1CC(OS(=O)(=O)c2ccc(Br)cc2)CN1C(=O)C(NCOCOC(C)(C)C)C1CC1CCC=CCC. The average molecular weight is 869 g/mol. The first kappa shape index (κ1) is 45.6. The van der Waals surface area contributed by atoms with Crippen molar-refractivity contribution in [1.29, 1.82) is 0 Å². The summed E-state index contributed by atoms with van der Waals surface area (Å²) in [7, 11) is -3.21. The van der Waals surface area contributed by atoms with Crippen molar-refractivity contribution in [2.75, 3.05) is 27.2 Å². The molecule has 7 atom stereocenters. The van der Waals surface area contributed by atoms with E-state index in [2.05, 4.69) is 46.9 Å². The molecule has 312 valence electrons. The van der Waals surface area contributed by atoms with Crippen molar-refractivity contribution in [1.82, 2.24) is 15.1 Å². The summed E-state index contributed by atoms with van der Waals surface area (Å²) in [6, 6.07) is 3.59. The van der Waals surface area contributed by atoms with Gasteiger partial charge in [-0.3, -0.25) is 19.1 Å². The maximum Gasteiger partial charge on any atom is 0.418 e. The van der Waals surface area contributed by atoms with Crippen LogP contribution in [0.4, 0.5) is 4.79 Å². The minimum Gasteiger partial charge on any atom is -0.467 e. The Balaban J connectivity index is 1.72. The van der Waals surface area contributed by atoms with Crippen LogP contribution in [0.5, 0.6) is 0 Å². The van der Waals surface area contributed by atoms with Gasteiger partial charge in [0.1, 0.15) is 25.2 Å². The molecule has 1 aliphatic heterocycles.